The number of amides is 1. The summed E-state index contributed by atoms with van der Waals surface area (Å²) in [5, 5.41) is 4.25. The average molecular weight is 332 g/mol. The van der Waals surface area contributed by atoms with Crippen molar-refractivity contribution in [1.82, 2.24) is 4.98 Å². The van der Waals surface area contributed by atoms with Gasteiger partial charge in [0.05, 0.1) is 16.8 Å². The zero-order valence-corrected chi connectivity index (χ0v) is 13.5. The minimum Gasteiger partial charge on any atom is -0.342 e. The smallest absolute Gasteiger partial charge is 0.243 e. The number of benzene rings is 2. The van der Waals surface area contributed by atoms with E-state index in [1.165, 1.54) is 0 Å². The van der Waals surface area contributed by atoms with Gasteiger partial charge in [-0.3, -0.25) is 4.79 Å². The van der Waals surface area contributed by atoms with Crippen LogP contribution in [0.5, 0.6) is 0 Å². The number of hydrogen-bond acceptors (Lipinski definition) is 4. The van der Waals surface area contributed by atoms with Crippen LogP contribution in [0.3, 0.4) is 0 Å². The fraction of sp³-hybridized carbons (Fsp3) is 0.125. The van der Waals surface area contributed by atoms with Gasteiger partial charge in [-0.1, -0.05) is 41.1 Å². The van der Waals surface area contributed by atoms with E-state index in [0.29, 0.717) is 10.7 Å². The van der Waals surface area contributed by atoms with Crippen molar-refractivity contribution in [2.45, 2.75) is 0 Å². The summed E-state index contributed by atoms with van der Waals surface area (Å²) in [5.41, 5.74) is 1.64. The number of nitrogens with zero attached hydrogens (tertiary/aromatic N) is 2. The van der Waals surface area contributed by atoms with Crippen LogP contribution in [0.15, 0.2) is 48.5 Å². The van der Waals surface area contributed by atoms with Gasteiger partial charge in [-0.15, -0.1) is 0 Å². The number of thiazole rings is 1. The van der Waals surface area contributed by atoms with Crippen LogP contribution >= 0.6 is 22.9 Å². The molecule has 0 unspecified atom stereocenters. The van der Waals surface area contributed by atoms with E-state index < -0.39 is 0 Å². The molecular formula is C16H14ClN3OS. The van der Waals surface area contributed by atoms with Crippen LogP contribution in [0, 0.1) is 0 Å². The Balaban J connectivity index is 1.68. The average Bonchev–Trinajstić information content (AvgIpc) is 2.91. The summed E-state index contributed by atoms with van der Waals surface area (Å²) in [6, 6.07) is 15.0. The van der Waals surface area contributed by atoms with Crippen molar-refractivity contribution in [1.29, 1.82) is 0 Å². The number of likely N-dealkylation sites (N-methyl/N-ethyl adjacent to an activating group) is 1. The summed E-state index contributed by atoms with van der Waals surface area (Å²) in [6.07, 6.45) is 0. The van der Waals surface area contributed by atoms with Crippen molar-refractivity contribution in [3.63, 3.8) is 0 Å². The molecule has 2 aromatic carbocycles. The summed E-state index contributed by atoms with van der Waals surface area (Å²) >= 11 is 7.47. The summed E-state index contributed by atoms with van der Waals surface area (Å²) in [5.74, 6) is -0.107. The van der Waals surface area contributed by atoms with Crippen molar-refractivity contribution in [2.75, 3.05) is 23.8 Å². The summed E-state index contributed by atoms with van der Waals surface area (Å²) in [4.78, 5) is 18.5. The van der Waals surface area contributed by atoms with Crippen LogP contribution in [-0.4, -0.2) is 24.5 Å². The van der Waals surface area contributed by atoms with E-state index in [4.69, 9.17) is 11.6 Å². The molecule has 6 heteroatoms. The zero-order chi connectivity index (χ0) is 15.5. The van der Waals surface area contributed by atoms with Gasteiger partial charge in [0.1, 0.15) is 0 Å². The lowest BCUT2D eigenvalue weighted by atomic mass is 10.3. The van der Waals surface area contributed by atoms with Gasteiger partial charge < -0.3 is 10.2 Å². The maximum absolute atomic E-state index is 12.1. The summed E-state index contributed by atoms with van der Waals surface area (Å²) in [6.45, 7) is 0.229. The third-order valence-corrected chi connectivity index (χ3v) is 4.48. The van der Waals surface area contributed by atoms with Crippen LogP contribution < -0.4 is 10.2 Å². The van der Waals surface area contributed by atoms with Gasteiger partial charge in [-0.2, -0.15) is 0 Å². The van der Waals surface area contributed by atoms with Crippen LogP contribution in [0.2, 0.25) is 5.02 Å². The Kier molecular flexibility index (Phi) is 4.27. The number of hydrogen-bond donors (Lipinski definition) is 1. The Morgan fingerprint density at radius 1 is 1.27 bits per heavy atom. The number of aromatic nitrogens is 1. The third-order valence-electron chi connectivity index (χ3n) is 3.10. The second-order valence-corrected chi connectivity index (χ2v) is 6.32. The van der Waals surface area contributed by atoms with Crippen LogP contribution in [0.25, 0.3) is 10.2 Å². The number of rotatable bonds is 4. The number of carbonyl (C=O) groups excluding carboxylic acids is 1. The van der Waals surface area contributed by atoms with Crippen molar-refractivity contribution in [2.24, 2.45) is 0 Å². The first-order valence-electron chi connectivity index (χ1n) is 6.74. The number of carbonyl (C=O) groups is 1. The van der Waals surface area contributed by atoms with Gasteiger partial charge in [-0.05, 0) is 30.3 Å². The van der Waals surface area contributed by atoms with E-state index in [1.807, 2.05) is 42.3 Å². The minimum absolute atomic E-state index is 0.107. The number of nitrogens with one attached hydrogen (secondary N) is 1. The van der Waals surface area contributed by atoms with E-state index in [1.54, 1.807) is 29.5 Å². The van der Waals surface area contributed by atoms with Crippen molar-refractivity contribution < 1.29 is 4.79 Å². The topological polar surface area (TPSA) is 45.2 Å². The molecular weight excluding hydrogens is 318 g/mol. The lowest BCUT2D eigenvalue weighted by Crippen LogP contribution is -2.29. The van der Waals surface area contributed by atoms with E-state index >= 15 is 0 Å². The molecule has 0 aliphatic heterocycles. The number of anilines is 2. The monoisotopic (exact) mass is 331 g/mol. The molecule has 1 aromatic heterocycles. The maximum Gasteiger partial charge on any atom is 0.243 e. The van der Waals surface area contributed by atoms with Crippen LogP contribution in [0.4, 0.5) is 10.8 Å². The molecule has 1 heterocycles. The maximum atomic E-state index is 12.1. The molecule has 22 heavy (non-hydrogen) atoms. The quantitative estimate of drug-likeness (QED) is 0.785. The fourth-order valence-electron chi connectivity index (χ4n) is 2.07. The Bertz CT molecular complexity index is 785. The Morgan fingerprint density at radius 2 is 2.09 bits per heavy atom. The van der Waals surface area contributed by atoms with Gasteiger partial charge in [0.15, 0.2) is 5.13 Å². The molecule has 1 N–H and O–H groups in total. The van der Waals surface area contributed by atoms with Crippen molar-refractivity contribution in [3.8, 4) is 0 Å². The molecule has 0 saturated carbocycles. The summed E-state index contributed by atoms with van der Waals surface area (Å²) in [7, 11) is 1.86. The Labute approximate surface area is 137 Å². The van der Waals surface area contributed by atoms with Crippen LogP contribution in [-0.2, 0) is 4.79 Å². The molecule has 0 spiro atoms. The number of halogens is 1. The summed E-state index contributed by atoms with van der Waals surface area (Å²) < 4.78 is 1.11. The van der Waals surface area contributed by atoms with Crippen molar-refractivity contribution >= 4 is 49.9 Å². The SMILES string of the molecule is CN(CC(=O)Nc1cccc(Cl)c1)c1nc2ccccc2s1. The fourth-order valence-corrected chi connectivity index (χ4v) is 3.19. The number of para-hydroxylation sites is 1. The molecule has 3 rings (SSSR count). The first kappa shape index (κ1) is 14.8. The molecule has 4 nitrogen and oxygen atoms in total. The molecule has 0 saturated heterocycles. The van der Waals surface area contributed by atoms with E-state index in [-0.39, 0.29) is 12.5 Å². The highest BCUT2D eigenvalue weighted by molar-refractivity contribution is 7.22. The molecule has 0 aliphatic carbocycles. The van der Waals surface area contributed by atoms with Gasteiger partial charge in [0.2, 0.25) is 5.91 Å². The normalized spacial score (nSPS) is 10.6. The van der Waals surface area contributed by atoms with Gasteiger partial charge in [0.25, 0.3) is 0 Å². The molecule has 3 aromatic rings. The Morgan fingerprint density at radius 3 is 2.86 bits per heavy atom. The van der Waals surface area contributed by atoms with Crippen molar-refractivity contribution in [3.05, 3.63) is 53.6 Å². The molecule has 0 atom stereocenters. The lowest BCUT2D eigenvalue weighted by Gasteiger charge is -2.15. The Hall–Kier alpha value is -2.11. The van der Waals surface area contributed by atoms with E-state index in [9.17, 15) is 4.79 Å². The molecule has 0 radical (unpaired) electrons. The highest BCUT2D eigenvalue weighted by Crippen LogP contribution is 2.27. The highest BCUT2D eigenvalue weighted by Gasteiger charge is 2.12. The second kappa shape index (κ2) is 6.34. The van der Waals surface area contributed by atoms with Gasteiger partial charge in [0, 0.05) is 17.8 Å². The molecule has 1 amide bonds. The zero-order valence-electron chi connectivity index (χ0n) is 11.9. The molecule has 112 valence electrons. The first-order chi connectivity index (χ1) is 10.6. The predicted molar refractivity (Wildman–Crippen MR) is 93.0 cm³/mol. The van der Waals surface area contributed by atoms with E-state index in [2.05, 4.69) is 10.3 Å². The second-order valence-electron chi connectivity index (χ2n) is 4.88. The first-order valence-corrected chi connectivity index (χ1v) is 7.93. The van der Waals surface area contributed by atoms with Gasteiger partial charge in [-0.25, -0.2) is 4.98 Å². The van der Waals surface area contributed by atoms with E-state index in [0.717, 1.165) is 15.3 Å². The number of fused-ring (bicyclic) bond motifs is 1. The molecule has 0 fully saturated rings. The largest absolute Gasteiger partial charge is 0.342 e. The van der Waals surface area contributed by atoms with Gasteiger partial charge >= 0.3 is 0 Å². The van der Waals surface area contributed by atoms with Crippen LogP contribution in [0.1, 0.15) is 0 Å². The molecule has 0 bridgehead atoms. The standard InChI is InChI=1S/C16H14ClN3OS/c1-20(16-19-13-7-2-3-8-14(13)22-16)10-15(21)18-12-6-4-5-11(17)9-12/h2-9H,10H2,1H3,(H,18,21). The highest BCUT2D eigenvalue weighted by atomic mass is 35.5. The minimum atomic E-state index is -0.107. The lowest BCUT2D eigenvalue weighted by molar-refractivity contribution is -0.114. The molecule has 0 aliphatic rings. The third kappa shape index (κ3) is 3.37. The predicted octanol–water partition coefficient (Wildman–Crippen LogP) is 4.02.